The maximum atomic E-state index is 13.4. The number of nitrogens with zero attached hydrogens (tertiary/aromatic N) is 3. The van der Waals surface area contributed by atoms with Crippen LogP contribution in [0.4, 0.5) is 19.0 Å². The second kappa shape index (κ2) is 8.32. The summed E-state index contributed by atoms with van der Waals surface area (Å²) in [5.74, 6) is -0.555. The van der Waals surface area contributed by atoms with Crippen LogP contribution in [0.1, 0.15) is 40.0 Å². The first-order chi connectivity index (χ1) is 16.3. The SMILES string of the molecule is O=C(Nc1cc(-c2ccco2)nn1-c1nc2c(c(=O)[nH]1)CCCC2)c1ccccc1C(F)(F)F. The number of aromatic nitrogens is 4. The van der Waals surface area contributed by atoms with Crippen LogP contribution in [0.3, 0.4) is 0 Å². The van der Waals surface area contributed by atoms with Crippen molar-refractivity contribution in [1.82, 2.24) is 19.7 Å². The molecule has 0 radical (unpaired) electrons. The van der Waals surface area contributed by atoms with E-state index in [0.717, 1.165) is 25.0 Å². The summed E-state index contributed by atoms with van der Waals surface area (Å²) in [5.41, 5.74) is -0.378. The fourth-order valence-corrected chi connectivity index (χ4v) is 3.98. The minimum Gasteiger partial charge on any atom is -0.463 e. The zero-order valence-electron chi connectivity index (χ0n) is 17.6. The number of carbonyl (C=O) groups excluding carboxylic acids is 1. The highest BCUT2D eigenvalue weighted by molar-refractivity contribution is 6.05. The molecule has 5 rings (SSSR count). The minimum absolute atomic E-state index is 0.0206. The van der Waals surface area contributed by atoms with Gasteiger partial charge in [0, 0.05) is 11.6 Å². The lowest BCUT2D eigenvalue weighted by Gasteiger charge is -2.16. The summed E-state index contributed by atoms with van der Waals surface area (Å²) in [6, 6.07) is 9.20. The number of alkyl halides is 3. The lowest BCUT2D eigenvalue weighted by Crippen LogP contribution is -2.25. The lowest BCUT2D eigenvalue weighted by molar-refractivity contribution is -0.137. The van der Waals surface area contributed by atoms with Gasteiger partial charge in [0.05, 0.1) is 23.1 Å². The third-order valence-electron chi connectivity index (χ3n) is 5.58. The highest BCUT2D eigenvalue weighted by Gasteiger charge is 2.35. The van der Waals surface area contributed by atoms with E-state index in [2.05, 4.69) is 20.4 Å². The average Bonchev–Trinajstić information content (AvgIpc) is 3.49. The Kier molecular flexibility index (Phi) is 5.31. The molecule has 1 aliphatic carbocycles. The van der Waals surface area contributed by atoms with Gasteiger partial charge in [-0.3, -0.25) is 14.6 Å². The van der Waals surface area contributed by atoms with E-state index < -0.39 is 23.2 Å². The van der Waals surface area contributed by atoms with Crippen LogP contribution in [0.25, 0.3) is 17.4 Å². The number of halogens is 3. The normalized spacial score (nSPS) is 13.5. The topological polar surface area (TPSA) is 106 Å². The first-order valence-corrected chi connectivity index (χ1v) is 10.6. The smallest absolute Gasteiger partial charge is 0.417 e. The molecule has 3 aromatic heterocycles. The van der Waals surface area contributed by atoms with Crippen LogP contribution < -0.4 is 10.9 Å². The van der Waals surface area contributed by atoms with Crippen molar-refractivity contribution in [2.75, 3.05) is 5.32 Å². The molecule has 34 heavy (non-hydrogen) atoms. The van der Waals surface area contributed by atoms with Crippen LogP contribution in [0.15, 0.2) is 57.9 Å². The van der Waals surface area contributed by atoms with Gasteiger partial charge in [-0.05, 0) is 49.9 Å². The van der Waals surface area contributed by atoms with Crippen molar-refractivity contribution in [3.8, 4) is 17.4 Å². The summed E-state index contributed by atoms with van der Waals surface area (Å²) in [6.45, 7) is 0. The summed E-state index contributed by atoms with van der Waals surface area (Å²) in [6.07, 6.45) is -0.255. The number of aryl methyl sites for hydroxylation is 1. The van der Waals surface area contributed by atoms with Gasteiger partial charge in [-0.1, -0.05) is 12.1 Å². The quantitative estimate of drug-likeness (QED) is 0.462. The molecule has 0 bridgehead atoms. The molecule has 1 aromatic carbocycles. The monoisotopic (exact) mass is 469 g/mol. The number of carbonyl (C=O) groups is 1. The standard InChI is InChI=1S/C23H18F3N5O3/c24-23(25,26)15-8-3-1-6-13(15)20(32)28-19-12-17(18-10-5-11-34-18)30-31(19)22-27-16-9-4-2-7-14(16)21(33)29-22/h1,3,5-6,8,10-12H,2,4,7,9H2,(H,28,32)(H,27,29,33). The molecule has 4 aromatic rings. The van der Waals surface area contributed by atoms with Crippen molar-refractivity contribution in [3.05, 3.63) is 81.5 Å². The molecule has 0 atom stereocenters. The number of anilines is 1. The Bertz CT molecular complexity index is 1420. The van der Waals surface area contributed by atoms with Crippen molar-refractivity contribution in [2.24, 2.45) is 0 Å². The lowest BCUT2D eigenvalue weighted by atomic mass is 9.97. The first kappa shape index (κ1) is 21.7. The van der Waals surface area contributed by atoms with E-state index in [1.54, 1.807) is 12.1 Å². The van der Waals surface area contributed by atoms with Gasteiger partial charge in [0.25, 0.3) is 11.5 Å². The molecule has 1 amide bonds. The maximum Gasteiger partial charge on any atom is 0.417 e. The van der Waals surface area contributed by atoms with Crippen molar-refractivity contribution in [2.45, 2.75) is 31.9 Å². The van der Waals surface area contributed by atoms with E-state index in [1.165, 1.54) is 29.1 Å². The van der Waals surface area contributed by atoms with Crippen molar-refractivity contribution in [3.63, 3.8) is 0 Å². The number of hydrogen-bond donors (Lipinski definition) is 2. The first-order valence-electron chi connectivity index (χ1n) is 10.6. The van der Waals surface area contributed by atoms with Gasteiger partial charge < -0.3 is 9.73 Å². The fraction of sp³-hybridized carbons (Fsp3) is 0.217. The van der Waals surface area contributed by atoms with Gasteiger partial charge in [-0.15, -0.1) is 0 Å². The van der Waals surface area contributed by atoms with Crippen molar-refractivity contribution < 1.29 is 22.4 Å². The molecule has 11 heteroatoms. The van der Waals surface area contributed by atoms with E-state index in [4.69, 9.17) is 4.42 Å². The number of benzene rings is 1. The highest BCUT2D eigenvalue weighted by Crippen LogP contribution is 2.32. The number of furan rings is 1. The van der Waals surface area contributed by atoms with Crippen LogP contribution in [0.5, 0.6) is 0 Å². The molecule has 0 saturated carbocycles. The predicted octanol–water partition coefficient (Wildman–Crippen LogP) is 4.37. The fourth-order valence-electron chi connectivity index (χ4n) is 3.98. The van der Waals surface area contributed by atoms with Crippen LogP contribution in [-0.2, 0) is 19.0 Å². The van der Waals surface area contributed by atoms with Gasteiger partial charge >= 0.3 is 6.18 Å². The Morgan fingerprint density at radius 1 is 1.12 bits per heavy atom. The Hall–Kier alpha value is -4.15. The van der Waals surface area contributed by atoms with E-state index in [1.807, 2.05) is 0 Å². The van der Waals surface area contributed by atoms with Gasteiger partial charge in [0.15, 0.2) is 5.76 Å². The van der Waals surface area contributed by atoms with E-state index in [0.29, 0.717) is 35.6 Å². The zero-order valence-corrected chi connectivity index (χ0v) is 17.6. The van der Waals surface area contributed by atoms with Crippen LogP contribution in [-0.4, -0.2) is 25.7 Å². The summed E-state index contributed by atoms with van der Waals surface area (Å²) < 4.78 is 46.8. The molecule has 174 valence electrons. The molecule has 2 N–H and O–H groups in total. The zero-order chi connectivity index (χ0) is 23.9. The van der Waals surface area contributed by atoms with Gasteiger partial charge in [0.2, 0.25) is 5.95 Å². The number of amides is 1. The molecule has 0 aliphatic heterocycles. The van der Waals surface area contributed by atoms with Crippen molar-refractivity contribution >= 4 is 11.7 Å². The van der Waals surface area contributed by atoms with Crippen LogP contribution >= 0.6 is 0 Å². The molecule has 0 saturated heterocycles. The number of hydrogen-bond acceptors (Lipinski definition) is 5. The summed E-state index contributed by atoms with van der Waals surface area (Å²) in [4.78, 5) is 32.7. The third-order valence-corrected chi connectivity index (χ3v) is 5.58. The second-order valence-electron chi connectivity index (χ2n) is 7.82. The summed E-state index contributed by atoms with van der Waals surface area (Å²) in [7, 11) is 0. The third kappa shape index (κ3) is 4.00. The number of nitrogens with one attached hydrogen (secondary N) is 2. The average molecular weight is 469 g/mol. The maximum absolute atomic E-state index is 13.4. The Morgan fingerprint density at radius 2 is 1.91 bits per heavy atom. The second-order valence-corrected chi connectivity index (χ2v) is 7.82. The van der Waals surface area contributed by atoms with E-state index >= 15 is 0 Å². The highest BCUT2D eigenvalue weighted by atomic mass is 19.4. The van der Waals surface area contributed by atoms with Gasteiger partial charge in [-0.25, -0.2) is 4.98 Å². The largest absolute Gasteiger partial charge is 0.463 e. The summed E-state index contributed by atoms with van der Waals surface area (Å²) in [5, 5.41) is 6.86. The minimum atomic E-state index is -4.71. The molecule has 8 nitrogen and oxygen atoms in total. The van der Waals surface area contributed by atoms with E-state index in [-0.39, 0.29) is 17.3 Å². The molecule has 3 heterocycles. The molecular weight excluding hydrogens is 451 g/mol. The Labute approximate surface area is 190 Å². The predicted molar refractivity (Wildman–Crippen MR) is 116 cm³/mol. The van der Waals surface area contributed by atoms with Gasteiger partial charge in [0.1, 0.15) is 11.5 Å². The Balaban J connectivity index is 1.59. The Morgan fingerprint density at radius 3 is 2.68 bits per heavy atom. The van der Waals surface area contributed by atoms with Gasteiger partial charge in [-0.2, -0.15) is 23.0 Å². The van der Waals surface area contributed by atoms with Crippen LogP contribution in [0, 0.1) is 0 Å². The number of rotatable bonds is 4. The molecule has 0 unspecified atom stereocenters. The van der Waals surface area contributed by atoms with Crippen LogP contribution in [0.2, 0.25) is 0 Å². The number of fused-ring (bicyclic) bond motifs is 1. The molecule has 0 fully saturated rings. The number of H-pyrrole nitrogens is 1. The van der Waals surface area contributed by atoms with E-state index in [9.17, 15) is 22.8 Å². The number of aromatic amines is 1. The summed E-state index contributed by atoms with van der Waals surface area (Å²) >= 11 is 0. The molecule has 1 aliphatic rings. The van der Waals surface area contributed by atoms with Crippen molar-refractivity contribution in [1.29, 1.82) is 0 Å². The molecular formula is C23H18F3N5O3. The molecule has 0 spiro atoms.